The molecule has 148 valence electrons. The summed E-state index contributed by atoms with van der Waals surface area (Å²) < 4.78 is 31.2. The Morgan fingerprint density at radius 1 is 1.19 bits per heavy atom. The number of benzene rings is 1. The van der Waals surface area contributed by atoms with Gasteiger partial charge in [-0.05, 0) is 43.5 Å². The lowest BCUT2D eigenvalue weighted by Gasteiger charge is -2.21. The summed E-state index contributed by atoms with van der Waals surface area (Å²) in [6.07, 6.45) is 1.06. The van der Waals surface area contributed by atoms with Gasteiger partial charge in [-0.25, -0.2) is 8.42 Å². The highest BCUT2D eigenvalue weighted by Crippen LogP contribution is 2.15. The molecule has 1 rings (SSSR count). The van der Waals surface area contributed by atoms with Crippen molar-refractivity contribution in [2.75, 3.05) is 32.5 Å². The minimum Gasteiger partial charge on any atom is -0.378 e. The lowest BCUT2D eigenvalue weighted by molar-refractivity contribution is 0.0258. The number of hydrogen-bond acceptors (Lipinski definition) is 4. The number of sulfone groups is 1. The normalized spacial score (nSPS) is 13.7. The minimum absolute atomic E-state index is 0.00287. The van der Waals surface area contributed by atoms with Gasteiger partial charge < -0.3 is 15.4 Å². The van der Waals surface area contributed by atoms with Crippen LogP contribution in [0.1, 0.15) is 27.2 Å². The van der Waals surface area contributed by atoms with Crippen LogP contribution in [0.4, 0.5) is 0 Å². The third kappa shape index (κ3) is 8.05. The van der Waals surface area contributed by atoms with E-state index in [2.05, 4.69) is 45.4 Å². The zero-order chi connectivity index (χ0) is 19.6. The summed E-state index contributed by atoms with van der Waals surface area (Å²) in [6.45, 7) is 7.97. The van der Waals surface area contributed by atoms with Crippen molar-refractivity contribution >= 4 is 31.7 Å². The number of aliphatic imine (C=N–C) groups is 1. The molecule has 0 bridgehead atoms. The zero-order valence-corrected chi connectivity index (χ0v) is 18.4. The van der Waals surface area contributed by atoms with E-state index >= 15 is 0 Å². The Kier molecular flexibility index (Phi) is 10.2. The fourth-order valence-corrected chi connectivity index (χ4v) is 3.86. The van der Waals surface area contributed by atoms with E-state index in [1.54, 1.807) is 31.3 Å². The Labute approximate surface area is 165 Å². The molecule has 0 aromatic heterocycles. The topological polar surface area (TPSA) is 79.8 Å². The fourth-order valence-electron chi connectivity index (χ4n) is 2.44. The van der Waals surface area contributed by atoms with Gasteiger partial charge in [-0.2, -0.15) is 0 Å². The van der Waals surface area contributed by atoms with Crippen LogP contribution in [0, 0.1) is 5.92 Å². The van der Waals surface area contributed by atoms with Crippen molar-refractivity contribution in [3.05, 3.63) is 28.7 Å². The first kappa shape index (κ1) is 22.9. The lowest BCUT2D eigenvalue weighted by atomic mass is 10.0. The third-order valence-corrected chi connectivity index (χ3v) is 6.17. The molecular formula is C18H30BrN3O3S. The van der Waals surface area contributed by atoms with Gasteiger partial charge in [0.25, 0.3) is 0 Å². The molecule has 0 saturated carbocycles. The molecule has 0 aliphatic rings. The van der Waals surface area contributed by atoms with Crippen LogP contribution in [0.2, 0.25) is 0 Å². The minimum atomic E-state index is -3.32. The highest BCUT2D eigenvalue weighted by atomic mass is 79.9. The van der Waals surface area contributed by atoms with Crippen molar-refractivity contribution in [2.45, 2.75) is 38.2 Å². The molecule has 0 radical (unpaired) electrons. The van der Waals surface area contributed by atoms with Gasteiger partial charge in [0, 0.05) is 31.2 Å². The first-order valence-electron chi connectivity index (χ1n) is 8.84. The van der Waals surface area contributed by atoms with E-state index in [-0.39, 0.29) is 18.4 Å². The third-order valence-electron chi connectivity index (χ3n) is 3.91. The van der Waals surface area contributed by atoms with Crippen molar-refractivity contribution in [2.24, 2.45) is 10.9 Å². The van der Waals surface area contributed by atoms with Crippen LogP contribution in [0.25, 0.3) is 0 Å². The van der Waals surface area contributed by atoms with Crippen molar-refractivity contribution in [3.8, 4) is 0 Å². The van der Waals surface area contributed by atoms with Crippen LogP contribution in [0.15, 0.2) is 38.6 Å². The van der Waals surface area contributed by atoms with E-state index in [1.165, 1.54) is 0 Å². The zero-order valence-electron chi connectivity index (χ0n) is 16.0. The monoisotopic (exact) mass is 447 g/mol. The number of guanidine groups is 1. The van der Waals surface area contributed by atoms with Crippen LogP contribution >= 0.6 is 15.9 Å². The largest absolute Gasteiger partial charge is 0.378 e. The molecule has 0 heterocycles. The van der Waals surface area contributed by atoms with Crippen molar-refractivity contribution < 1.29 is 13.2 Å². The number of ether oxygens (including phenoxy) is 1. The highest BCUT2D eigenvalue weighted by molar-refractivity contribution is 9.10. The smallest absolute Gasteiger partial charge is 0.191 e. The van der Waals surface area contributed by atoms with Crippen LogP contribution in [-0.2, 0) is 14.6 Å². The molecule has 1 aromatic carbocycles. The second-order valence-electron chi connectivity index (χ2n) is 6.23. The van der Waals surface area contributed by atoms with Gasteiger partial charge in [0.05, 0.1) is 16.8 Å². The van der Waals surface area contributed by atoms with Gasteiger partial charge in [0.2, 0.25) is 0 Å². The van der Waals surface area contributed by atoms with Gasteiger partial charge in [0.1, 0.15) is 0 Å². The van der Waals surface area contributed by atoms with Crippen molar-refractivity contribution in [1.82, 2.24) is 10.6 Å². The number of hydrogen-bond donors (Lipinski definition) is 2. The average molecular weight is 448 g/mol. The molecule has 0 amide bonds. The summed E-state index contributed by atoms with van der Waals surface area (Å²) in [5, 5.41) is 6.26. The van der Waals surface area contributed by atoms with Gasteiger partial charge in [-0.3, -0.25) is 4.99 Å². The molecule has 26 heavy (non-hydrogen) atoms. The molecule has 1 unspecified atom stereocenters. The van der Waals surface area contributed by atoms with Gasteiger partial charge in [-0.15, -0.1) is 0 Å². The number of halogens is 1. The molecule has 0 aliphatic heterocycles. The maximum Gasteiger partial charge on any atom is 0.191 e. The molecule has 8 heteroatoms. The Morgan fingerprint density at radius 3 is 2.35 bits per heavy atom. The van der Waals surface area contributed by atoms with E-state index in [9.17, 15) is 8.42 Å². The van der Waals surface area contributed by atoms with Crippen LogP contribution in [0.3, 0.4) is 0 Å². The number of nitrogens with one attached hydrogen (secondary N) is 2. The fraction of sp³-hybridized carbons (Fsp3) is 0.611. The summed E-state index contributed by atoms with van der Waals surface area (Å²) in [4.78, 5) is 4.45. The average Bonchev–Trinajstić information content (AvgIpc) is 2.59. The number of rotatable bonds is 10. The summed E-state index contributed by atoms with van der Waals surface area (Å²) >= 11 is 3.31. The standard InChI is InChI=1S/C18H30BrN3O3S/c1-5-25-17(14(2)3)10-11-21-18(20-4)22-12-13-26(23,24)16-8-6-15(19)7-9-16/h6-9,14,17H,5,10-13H2,1-4H3,(H2,20,21,22). The SMILES string of the molecule is CCOC(CCNC(=NC)NCCS(=O)(=O)c1ccc(Br)cc1)C(C)C. The molecule has 0 fully saturated rings. The molecule has 0 spiro atoms. The molecular weight excluding hydrogens is 418 g/mol. The highest BCUT2D eigenvalue weighted by Gasteiger charge is 2.15. The van der Waals surface area contributed by atoms with Crippen LogP contribution < -0.4 is 10.6 Å². The van der Waals surface area contributed by atoms with E-state index in [1.807, 2.05) is 6.92 Å². The predicted octanol–water partition coefficient (Wildman–Crippen LogP) is 2.84. The van der Waals surface area contributed by atoms with E-state index in [0.717, 1.165) is 10.9 Å². The van der Waals surface area contributed by atoms with Gasteiger partial charge in [-0.1, -0.05) is 29.8 Å². The number of nitrogens with zero attached hydrogens (tertiary/aromatic N) is 1. The Balaban J connectivity index is 2.43. The lowest BCUT2D eigenvalue weighted by Crippen LogP contribution is -2.41. The van der Waals surface area contributed by atoms with Crippen LogP contribution in [-0.4, -0.2) is 53.0 Å². The second-order valence-corrected chi connectivity index (χ2v) is 9.25. The second kappa shape index (κ2) is 11.6. The molecule has 1 aromatic rings. The summed E-state index contributed by atoms with van der Waals surface area (Å²) in [6, 6.07) is 6.66. The van der Waals surface area contributed by atoms with E-state index < -0.39 is 9.84 Å². The van der Waals surface area contributed by atoms with Crippen molar-refractivity contribution in [3.63, 3.8) is 0 Å². The molecule has 1 atom stereocenters. The molecule has 6 nitrogen and oxygen atoms in total. The first-order chi connectivity index (χ1) is 12.3. The van der Waals surface area contributed by atoms with E-state index in [4.69, 9.17) is 4.74 Å². The van der Waals surface area contributed by atoms with Crippen LogP contribution in [0.5, 0.6) is 0 Å². The maximum absolute atomic E-state index is 12.3. The summed E-state index contributed by atoms with van der Waals surface area (Å²) in [5.74, 6) is 1.04. The van der Waals surface area contributed by atoms with Crippen molar-refractivity contribution in [1.29, 1.82) is 0 Å². The molecule has 2 N–H and O–H groups in total. The van der Waals surface area contributed by atoms with Gasteiger partial charge in [0.15, 0.2) is 15.8 Å². The molecule has 0 saturated heterocycles. The first-order valence-corrected chi connectivity index (χ1v) is 11.3. The van der Waals surface area contributed by atoms with E-state index in [0.29, 0.717) is 29.9 Å². The quantitative estimate of drug-likeness (QED) is 0.425. The Morgan fingerprint density at radius 2 is 1.81 bits per heavy atom. The summed E-state index contributed by atoms with van der Waals surface area (Å²) in [7, 11) is -1.65. The molecule has 0 aliphatic carbocycles. The predicted molar refractivity (Wildman–Crippen MR) is 110 cm³/mol. The maximum atomic E-state index is 12.3. The van der Waals surface area contributed by atoms with Gasteiger partial charge >= 0.3 is 0 Å². The summed E-state index contributed by atoms with van der Waals surface area (Å²) in [5.41, 5.74) is 0. The Bertz CT molecular complexity index is 661. The Hall–Kier alpha value is -1.12.